The number of benzene rings is 2. The number of hydrogen-bond donors (Lipinski definition) is 0. The number of amides is 1. The van der Waals surface area contributed by atoms with Gasteiger partial charge in [-0.25, -0.2) is 8.42 Å². The normalized spacial score (nSPS) is 22.6. The minimum absolute atomic E-state index is 0.0176. The van der Waals surface area contributed by atoms with Gasteiger partial charge in [0.1, 0.15) is 0 Å². The molecule has 0 radical (unpaired) electrons. The van der Waals surface area contributed by atoms with E-state index < -0.39 is 9.84 Å². The Balaban J connectivity index is 1.51. The molecule has 1 saturated heterocycles. The quantitative estimate of drug-likeness (QED) is 0.736. The molecule has 6 heteroatoms. The standard InChI is InChI=1S/C21H25NO3S2/c1-15(19-8-4-6-16-5-2-3-7-20(16)19)22(17-9-10-17)21(23)13-26-18-11-12-27(24,25)14-18/h2-8,15,17-18H,9-14H2,1H3/t15-,18-/m0/s1. The zero-order chi connectivity index (χ0) is 19.0. The van der Waals surface area contributed by atoms with Crippen LogP contribution in [-0.4, -0.2) is 47.8 Å². The van der Waals surface area contributed by atoms with Crippen molar-refractivity contribution in [1.82, 2.24) is 4.90 Å². The van der Waals surface area contributed by atoms with Gasteiger partial charge in [0.2, 0.25) is 5.91 Å². The Morgan fingerprint density at radius 1 is 1.15 bits per heavy atom. The fourth-order valence-electron chi connectivity index (χ4n) is 4.01. The molecule has 0 bridgehead atoms. The van der Waals surface area contributed by atoms with Crippen molar-refractivity contribution in [3.63, 3.8) is 0 Å². The highest BCUT2D eigenvalue weighted by molar-refractivity contribution is 8.02. The van der Waals surface area contributed by atoms with Crippen LogP contribution < -0.4 is 0 Å². The van der Waals surface area contributed by atoms with E-state index >= 15 is 0 Å². The van der Waals surface area contributed by atoms with Gasteiger partial charge in [-0.15, -0.1) is 11.8 Å². The highest BCUT2D eigenvalue weighted by atomic mass is 32.2. The molecule has 0 aromatic heterocycles. The number of hydrogen-bond acceptors (Lipinski definition) is 4. The SMILES string of the molecule is C[C@@H](c1cccc2ccccc12)N(C(=O)CS[C@H]1CCS(=O)(=O)C1)C1CC1. The first kappa shape index (κ1) is 18.8. The Labute approximate surface area is 165 Å². The van der Waals surface area contributed by atoms with Gasteiger partial charge in [0, 0.05) is 11.3 Å². The molecule has 4 nitrogen and oxygen atoms in total. The fourth-order valence-corrected chi connectivity index (χ4v) is 7.52. The van der Waals surface area contributed by atoms with Gasteiger partial charge in [-0.3, -0.25) is 4.79 Å². The lowest BCUT2D eigenvalue weighted by Crippen LogP contribution is -2.37. The number of carbonyl (C=O) groups excluding carboxylic acids is 1. The van der Waals surface area contributed by atoms with E-state index in [1.54, 1.807) is 0 Å². The summed E-state index contributed by atoms with van der Waals surface area (Å²) in [6.45, 7) is 2.11. The van der Waals surface area contributed by atoms with Crippen LogP contribution in [0.3, 0.4) is 0 Å². The van der Waals surface area contributed by atoms with Gasteiger partial charge in [0.25, 0.3) is 0 Å². The van der Waals surface area contributed by atoms with Crippen molar-refractivity contribution < 1.29 is 13.2 Å². The van der Waals surface area contributed by atoms with Gasteiger partial charge in [0.05, 0.1) is 23.3 Å². The highest BCUT2D eigenvalue weighted by Crippen LogP contribution is 2.37. The van der Waals surface area contributed by atoms with Gasteiger partial charge in [-0.05, 0) is 42.5 Å². The van der Waals surface area contributed by atoms with Crippen molar-refractivity contribution in [1.29, 1.82) is 0 Å². The van der Waals surface area contributed by atoms with E-state index in [1.807, 2.05) is 17.0 Å². The number of thioether (sulfide) groups is 1. The van der Waals surface area contributed by atoms with Crippen molar-refractivity contribution in [3.05, 3.63) is 48.0 Å². The maximum atomic E-state index is 13.0. The molecular formula is C21H25NO3S2. The summed E-state index contributed by atoms with van der Waals surface area (Å²) >= 11 is 1.51. The summed E-state index contributed by atoms with van der Waals surface area (Å²) in [4.78, 5) is 15.1. The van der Waals surface area contributed by atoms with E-state index in [2.05, 4.69) is 37.3 Å². The molecule has 27 heavy (non-hydrogen) atoms. The van der Waals surface area contributed by atoms with Crippen molar-refractivity contribution >= 4 is 38.3 Å². The van der Waals surface area contributed by atoms with Crippen LogP contribution in [0.15, 0.2) is 42.5 Å². The lowest BCUT2D eigenvalue weighted by molar-refractivity contribution is -0.131. The molecule has 144 valence electrons. The maximum absolute atomic E-state index is 13.0. The van der Waals surface area contributed by atoms with Crippen LogP contribution in [0.25, 0.3) is 10.8 Å². The van der Waals surface area contributed by atoms with Crippen molar-refractivity contribution in [2.24, 2.45) is 0 Å². The molecule has 2 aromatic carbocycles. The third kappa shape index (κ3) is 4.16. The molecule has 1 saturated carbocycles. The molecule has 1 aliphatic heterocycles. The molecule has 2 aromatic rings. The summed E-state index contributed by atoms with van der Waals surface area (Å²) < 4.78 is 23.3. The van der Waals surface area contributed by atoms with Crippen LogP contribution in [0.2, 0.25) is 0 Å². The molecule has 2 fully saturated rings. The third-order valence-electron chi connectivity index (χ3n) is 5.55. The molecule has 1 aliphatic carbocycles. The molecular weight excluding hydrogens is 378 g/mol. The first-order chi connectivity index (χ1) is 12.9. The topological polar surface area (TPSA) is 54.5 Å². The molecule has 2 atom stereocenters. The second kappa shape index (κ2) is 7.47. The summed E-state index contributed by atoms with van der Waals surface area (Å²) in [6, 6.07) is 14.9. The largest absolute Gasteiger partial charge is 0.332 e. The first-order valence-electron chi connectivity index (χ1n) is 9.55. The van der Waals surface area contributed by atoms with E-state index in [-0.39, 0.29) is 28.7 Å². The molecule has 2 aliphatic rings. The number of rotatable bonds is 6. The number of sulfone groups is 1. The smallest absolute Gasteiger partial charge is 0.233 e. The van der Waals surface area contributed by atoms with Crippen LogP contribution in [0.5, 0.6) is 0 Å². The second-order valence-electron chi connectivity index (χ2n) is 7.61. The van der Waals surface area contributed by atoms with Crippen LogP contribution in [0.1, 0.15) is 37.8 Å². The Morgan fingerprint density at radius 2 is 1.89 bits per heavy atom. The zero-order valence-corrected chi connectivity index (χ0v) is 17.1. The fraction of sp³-hybridized carbons (Fsp3) is 0.476. The lowest BCUT2D eigenvalue weighted by Gasteiger charge is -2.31. The van der Waals surface area contributed by atoms with Crippen LogP contribution in [-0.2, 0) is 14.6 Å². The van der Waals surface area contributed by atoms with Gasteiger partial charge in [-0.2, -0.15) is 0 Å². The predicted octanol–water partition coefficient (Wildman–Crippen LogP) is 3.81. The highest BCUT2D eigenvalue weighted by Gasteiger charge is 2.37. The van der Waals surface area contributed by atoms with E-state index in [0.29, 0.717) is 18.2 Å². The summed E-state index contributed by atoms with van der Waals surface area (Å²) in [5, 5.41) is 2.45. The average Bonchev–Trinajstić information content (AvgIpc) is 3.42. The molecule has 4 rings (SSSR count). The summed E-state index contributed by atoms with van der Waals surface area (Å²) in [5.74, 6) is 0.976. The Bertz CT molecular complexity index is 948. The van der Waals surface area contributed by atoms with Crippen LogP contribution in [0, 0.1) is 0 Å². The first-order valence-corrected chi connectivity index (χ1v) is 12.4. The Morgan fingerprint density at radius 3 is 2.59 bits per heavy atom. The third-order valence-corrected chi connectivity index (χ3v) is 8.82. The van der Waals surface area contributed by atoms with E-state index in [0.717, 1.165) is 12.8 Å². The van der Waals surface area contributed by atoms with Crippen molar-refractivity contribution in [2.75, 3.05) is 17.3 Å². The van der Waals surface area contributed by atoms with E-state index in [1.165, 1.54) is 28.1 Å². The average molecular weight is 404 g/mol. The minimum Gasteiger partial charge on any atom is -0.332 e. The van der Waals surface area contributed by atoms with E-state index in [9.17, 15) is 13.2 Å². The maximum Gasteiger partial charge on any atom is 0.233 e. The summed E-state index contributed by atoms with van der Waals surface area (Å²) in [7, 11) is -2.90. The Kier molecular flexibility index (Phi) is 5.21. The molecule has 0 unspecified atom stereocenters. The lowest BCUT2D eigenvalue weighted by atomic mass is 9.98. The van der Waals surface area contributed by atoms with Gasteiger partial charge in [0.15, 0.2) is 9.84 Å². The summed E-state index contributed by atoms with van der Waals surface area (Å²) in [5.41, 5.74) is 1.18. The molecule has 1 heterocycles. The van der Waals surface area contributed by atoms with E-state index in [4.69, 9.17) is 0 Å². The van der Waals surface area contributed by atoms with Gasteiger partial charge in [-0.1, -0.05) is 42.5 Å². The Hall–Kier alpha value is -1.53. The minimum atomic E-state index is -2.90. The molecule has 1 amide bonds. The zero-order valence-electron chi connectivity index (χ0n) is 15.5. The number of carbonyl (C=O) groups is 1. The monoisotopic (exact) mass is 403 g/mol. The molecule has 0 spiro atoms. The second-order valence-corrected chi connectivity index (χ2v) is 11.1. The van der Waals surface area contributed by atoms with Crippen molar-refractivity contribution in [3.8, 4) is 0 Å². The van der Waals surface area contributed by atoms with Crippen LogP contribution >= 0.6 is 11.8 Å². The van der Waals surface area contributed by atoms with Crippen molar-refractivity contribution in [2.45, 2.75) is 43.5 Å². The number of nitrogens with zero attached hydrogens (tertiary/aromatic N) is 1. The molecule has 0 N–H and O–H groups in total. The summed E-state index contributed by atoms with van der Waals surface area (Å²) in [6.07, 6.45) is 2.79. The predicted molar refractivity (Wildman–Crippen MR) is 112 cm³/mol. The number of fused-ring (bicyclic) bond motifs is 1. The van der Waals surface area contributed by atoms with Crippen LogP contribution in [0.4, 0.5) is 0 Å². The van der Waals surface area contributed by atoms with Gasteiger partial charge >= 0.3 is 0 Å². The van der Waals surface area contributed by atoms with Gasteiger partial charge < -0.3 is 4.90 Å².